The Morgan fingerprint density at radius 2 is 2.13 bits per heavy atom. The number of alkyl halides is 4. The summed E-state index contributed by atoms with van der Waals surface area (Å²) in [4.78, 5) is 0. The highest BCUT2D eigenvalue weighted by Gasteiger charge is 2.30. The SMILES string of the molecule is F[C@@H]1CNCC[C@H]1Nc1cccc2c1cc(I)n2CC(F)(F)F. The number of aromatic nitrogens is 1. The minimum atomic E-state index is -4.28. The lowest BCUT2D eigenvalue weighted by molar-refractivity contribution is -0.140. The lowest BCUT2D eigenvalue weighted by atomic mass is 10.0. The van der Waals surface area contributed by atoms with Gasteiger partial charge < -0.3 is 15.2 Å². The summed E-state index contributed by atoms with van der Waals surface area (Å²) in [7, 11) is 0. The maximum Gasteiger partial charge on any atom is 0.406 e. The molecule has 0 unspecified atom stereocenters. The molecule has 3 nitrogen and oxygen atoms in total. The molecule has 126 valence electrons. The molecule has 2 heterocycles. The van der Waals surface area contributed by atoms with Crippen molar-refractivity contribution < 1.29 is 17.6 Å². The zero-order chi connectivity index (χ0) is 16.6. The van der Waals surface area contributed by atoms with Gasteiger partial charge in [-0.25, -0.2) is 4.39 Å². The van der Waals surface area contributed by atoms with Gasteiger partial charge in [0.2, 0.25) is 0 Å². The van der Waals surface area contributed by atoms with Gasteiger partial charge in [0.05, 0.1) is 15.3 Å². The van der Waals surface area contributed by atoms with E-state index >= 15 is 0 Å². The fourth-order valence-corrected chi connectivity index (χ4v) is 3.64. The van der Waals surface area contributed by atoms with Crippen LogP contribution >= 0.6 is 22.6 Å². The van der Waals surface area contributed by atoms with E-state index < -0.39 is 18.9 Å². The fraction of sp³-hybridized carbons (Fsp3) is 0.467. The molecule has 3 rings (SSSR count). The summed E-state index contributed by atoms with van der Waals surface area (Å²) < 4.78 is 54.0. The third-order valence-electron chi connectivity index (χ3n) is 3.98. The molecule has 2 aromatic rings. The van der Waals surface area contributed by atoms with Gasteiger partial charge in [-0.1, -0.05) is 6.07 Å². The number of hydrogen-bond acceptors (Lipinski definition) is 2. The van der Waals surface area contributed by atoms with Gasteiger partial charge in [-0.15, -0.1) is 0 Å². The number of piperidine rings is 1. The molecule has 2 N–H and O–H groups in total. The highest BCUT2D eigenvalue weighted by molar-refractivity contribution is 14.1. The Kier molecular flexibility index (Phi) is 4.73. The minimum absolute atomic E-state index is 0.292. The summed E-state index contributed by atoms with van der Waals surface area (Å²) in [5.41, 5.74) is 1.18. The van der Waals surface area contributed by atoms with Crippen LogP contribution in [0.2, 0.25) is 0 Å². The largest absolute Gasteiger partial charge is 0.406 e. The van der Waals surface area contributed by atoms with Crippen molar-refractivity contribution in [1.29, 1.82) is 0 Å². The van der Waals surface area contributed by atoms with E-state index in [0.717, 1.165) is 6.54 Å². The van der Waals surface area contributed by atoms with Gasteiger partial charge >= 0.3 is 6.18 Å². The van der Waals surface area contributed by atoms with Crippen LogP contribution in [0.4, 0.5) is 23.2 Å². The van der Waals surface area contributed by atoms with Gasteiger partial charge in [-0.2, -0.15) is 13.2 Å². The molecule has 1 aromatic carbocycles. The highest BCUT2D eigenvalue weighted by atomic mass is 127. The Balaban J connectivity index is 1.94. The van der Waals surface area contributed by atoms with E-state index in [-0.39, 0.29) is 6.04 Å². The average Bonchev–Trinajstić information content (AvgIpc) is 2.77. The number of halogens is 5. The monoisotopic (exact) mass is 441 g/mol. The predicted molar refractivity (Wildman–Crippen MR) is 90.5 cm³/mol. The smallest absolute Gasteiger partial charge is 0.379 e. The topological polar surface area (TPSA) is 29.0 Å². The third kappa shape index (κ3) is 3.73. The standard InChI is InChI=1S/C15H16F4IN3/c16-10-7-21-5-4-12(10)22-11-2-1-3-13-9(11)6-14(20)23(13)8-15(17,18)19/h1-3,6,10,12,21-22H,4-5,7-8H2/t10-,12-/m1/s1. The number of rotatable bonds is 3. The summed E-state index contributed by atoms with van der Waals surface area (Å²) in [6.07, 6.45) is -4.66. The van der Waals surface area contributed by atoms with Crippen LogP contribution in [0, 0.1) is 3.70 Å². The molecule has 0 spiro atoms. The summed E-state index contributed by atoms with van der Waals surface area (Å²) >= 11 is 1.90. The lowest BCUT2D eigenvalue weighted by Crippen LogP contribution is -2.45. The Hall–Kier alpha value is -1.03. The van der Waals surface area contributed by atoms with E-state index in [2.05, 4.69) is 10.6 Å². The van der Waals surface area contributed by atoms with Gasteiger partial charge in [-0.3, -0.25) is 0 Å². The maximum atomic E-state index is 14.0. The van der Waals surface area contributed by atoms with Crippen molar-refractivity contribution in [2.24, 2.45) is 0 Å². The second-order valence-corrected chi connectivity index (χ2v) is 6.77. The summed E-state index contributed by atoms with van der Waals surface area (Å²) in [5.74, 6) is 0. The summed E-state index contributed by atoms with van der Waals surface area (Å²) in [6, 6.07) is 6.51. The van der Waals surface area contributed by atoms with Crippen LogP contribution in [-0.2, 0) is 6.54 Å². The first-order chi connectivity index (χ1) is 10.8. The van der Waals surface area contributed by atoms with Crippen LogP contribution < -0.4 is 10.6 Å². The molecule has 0 aliphatic carbocycles. The summed E-state index contributed by atoms with van der Waals surface area (Å²) in [6.45, 7) is -0.0156. The Morgan fingerprint density at radius 1 is 1.35 bits per heavy atom. The molecule has 1 aliphatic rings. The molecular weight excluding hydrogens is 425 g/mol. The lowest BCUT2D eigenvalue weighted by Gasteiger charge is -2.28. The second kappa shape index (κ2) is 6.46. The van der Waals surface area contributed by atoms with Crippen molar-refractivity contribution >= 4 is 39.2 Å². The average molecular weight is 441 g/mol. The number of nitrogens with zero attached hydrogens (tertiary/aromatic N) is 1. The van der Waals surface area contributed by atoms with Crippen LogP contribution in [-0.4, -0.2) is 36.0 Å². The van der Waals surface area contributed by atoms with E-state index in [1.54, 1.807) is 24.3 Å². The molecule has 1 aliphatic heterocycles. The van der Waals surface area contributed by atoms with Crippen LogP contribution in [0.25, 0.3) is 10.9 Å². The van der Waals surface area contributed by atoms with Gasteiger partial charge in [0.15, 0.2) is 0 Å². The van der Waals surface area contributed by atoms with Crippen LogP contribution in [0.3, 0.4) is 0 Å². The first-order valence-corrected chi connectivity index (χ1v) is 8.39. The maximum absolute atomic E-state index is 14.0. The number of benzene rings is 1. The predicted octanol–water partition coefficient (Wildman–Crippen LogP) is 3.92. The molecule has 0 amide bonds. The van der Waals surface area contributed by atoms with Gasteiger partial charge in [0, 0.05) is 17.6 Å². The number of fused-ring (bicyclic) bond motifs is 1. The van der Waals surface area contributed by atoms with Gasteiger partial charge in [-0.05, 0) is 53.8 Å². The third-order valence-corrected chi connectivity index (χ3v) is 4.88. The fourth-order valence-electron chi connectivity index (χ4n) is 2.90. The Bertz CT molecular complexity index is 698. The van der Waals surface area contributed by atoms with Crippen molar-refractivity contribution in [2.75, 3.05) is 18.4 Å². The van der Waals surface area contributed by atoms with Crippen molar-refractivity contribution in [3.05, 3.63) is 28.0 Å². The van der Waals surface area contributed by atoms with E-state index in [9.17, 15) is 17.6 Å². The molecule has 1 saturated heterocycles. The molecule has 1 fully saturated rings. The first-order valence-electron chi connectivity index (χ1n) is 7.31. The number of anilines is 1. The zero-order valence-electron chi connectivity index (χ0n) is 12.1. The van der Waals surface area contributed by atoms with Crippen molar-refractivity contribution in [2.45, 2.75) is 31.4 Å². The Labute approximate surface area is 144 Å². The van der Waals surface area contributed by atoms with Crippen molar-refractivity contribution in [1.82, 2.24) is 9.88 Å². The van der Waals surface area contributed by atoms with Crippen molar-refractivity contribution in [3.63, 3.8) is 0 Å². The highest BCUT2D eigenvalue weighted by Crippen LogP contribution is 2.31. The second-order valence-electron chi connectivity index (χ2n) is 5.67. The van der Waals surface area contributed by atoms with E-state index in [1.165, 1.54) is 4.57 Å². The van der Waals surface area contributed by atoms with Crippen LogP contribution in [0.1, 0.15) is 6.42 Å². The number of nitrogens with one attached hydrogen (secondary N) is 2. The quantitative estimate of drug-likeness (QED) is 0.559. The molecule has 0 saturated carbocycles. The normalized spacial score (nSPS) is 22.5. The van der Waals surface area contributed by atoms with E-state index in [1.807, 2.05) is 22.6 Å². The molecule has 0 radical (unpaired) electrons. The molecule has 0 bridgehead atoms. The summed E-state index contributed by atoms with van der Waals surface area (Å²) in [5, 5.41) is 6.83. The molecule has 2 atom stereocenters. The first kappa shape index (κ1) is 16.8. The zero-order valence-corrected chi connectivity index (χ0v) is 14.3. The van der Waals surface area contributed by atoms with Crippen LogP contribution in [0.15, 0.2) is 24.3 Å². The molecule has 23 heavy (non-hydrogen) atoms. The minimum Gasteiger partial charge on any atom is -0.379 e. The number of hydrogen-bond donors (Lipinski definition) is 2. The molecular formula is C15H16F4IN3. The molecule has 1 aromatic heterocycles. The van der Waals surface area contributed by atoms with E-state index in [4.69, 9.17) is 0 Å². The van der Waals surface area contributed by atoms with Gasteiger partial charge in [0.25, 0.3) is 0 Å². The van der Waals surface area contributed by atoms with E-state index in [0.29, 0.717) is 33.3 Å². The Morgan fingerprint density at radius 3 is 2.83 bits per heavy atom. The molecule has 8 heteroatoms. The van der Waals surface area contributed by atoms with Gasteiger partial charge in [0.1, 0.15) is 12.7 Å². The van der Waals surface area contributed by atoms with Crippen LogP contribution in [0.5, 0.6) is 0 Å². The van der Waals surface area contributed by atoms with Crippen molar-refractivity contribution in [3.8, 4) is 0 Å².